The Morgan fingerprint density at radius 2 is 1.67 bits per heavy atom. The number of nitrogens with one attached hydrogen (secondary N) is 1. The number of likely N-dealkylation sites (N-methyl/N-ethyl adjacent to an activating group) is 1. The smallest absolute Gasteiger partial charge is 0.251 e. The molecule has 0 aliphatic carbocycles. The number of rotatable bonds is 8. The largest absolute Gasteiger partial charge is 0.350 e. The molecule has 0 aliphatic heterocycles. The summed E-state index contributed by atoms with van der Waals surface area (Å²) in [4.78, 5) is 14.8. The van der Waals surface area contributed by atoms with Crippen LogP contribution in [0.15, 0.2) is 54.6 Å². The molecule has 128 valence electrons. The highest BCUT2D eigenvalue weighted by Crippen LogP contribution is 2.19. The van der Waals surface area contributed by atoms with E-state index in [2.05, 4.69) is 36.2 Å². The summed E-state index contributed by atoms with van der Waals surface area (Å²) in [6.45, 7) is 7.25. The van der Waals surface area contributed by atoms with Crippen LogP contribution in [-0.4, -0.2) is 30.4 Å². The number of hydrogen-bond acceptors (Lipinski definition) is 3. The average molecular weight is 325 g/mol. The second-order valence-electron chi connectivity index (χ2n) is 5.76. The first-order chi connectivity index (χ1) is 11.7. The van der Waals surface area contributed by atoms with Gasteiger partial charge in [0.25, 0.3) is 5.91 Å². The van der Waals surface area contributed by atoms with Gasteiger partial charge in [0, 0.05) is 18.7 Å². The molecule has 0 aromatic heterocycles. The monoisotopic (exact) mass is 325 g/mol. The van der Waals surface area contributed by atoms with Gasteiger partial charge in [-0.3, -0.25) is 9.69 Å². The number of amides is 1. The molecule has 3 N–H and O–H groups in total. The van der Waals surface area contributed by atoms with Crippen molar-refractivity contribution in [1.29, 1.82) is 0 Å². The number of benzene rings is 2. The molecule has 0 radical (unpaired) electrons. The fourth-order valence-electron chi connectivity index (χ4n) is 2.88. The standard InChI is InChI=1S/C20H27N3O/c1-3-23(4-2)19(17-8-6-5-7-9-17)15-22-20(24)18-12-10-16(14-21)11-13-18/h5-13,19H,3-4,14-15,21H2,1-2H3,(H,22,24). The quantitative estimate of drug-likeness (QED) is 0.784. The third kappa shape index (κ3) is 4.66. The van der Waals surface area contributed by atoms with E-state index in [-0.39, 0.29) is 11.9 Å². The molecular weight excluding hydrogens is 298 g/mol. The molecule has 0 fully saturated rings. The van der Waals surface area contributed by atoms with Gasteiger partial charge in [-0.1, -0.05) is 56.3 Å². The van der Waals surface area contributed by atoms with E-state index in [1.54, 1.807) is 0 Å². The first-order valence-electron chi connectivity index (χ1n) is 8.55. The van der Waals surface area contributed by atoms with Crippen LogP contribution in [0.25, 0.3) is 0 Å². The van der Waals surface area contributed by atoms with Gasteiger partial charge in [0.2, 0.25) is 0 Å². The normalized spacial score (nSPS) is 12.2. The Hall–Kier alpha value is -2.17. The lowest BCUT2D eigenvalue weighted by Crippen LogP contribution is -2.38. The van der Waals surface area contributed by atoms with Crippen molar-refractivity contribution in [3.8, 4) is 0 Å². The van der Waals surface area contributed by atoms with Crippen LogP contribution in [-0.2, 0) is 6.54 Å². The van der Waals surface area contributed by atoms with Crippen LogP contribution in [0.2, 0.25) is 0 Å². The van der Waals surface area contributed by atoms with Crippen molar-refractivity contribution in [3.63, 3.8) is 0 Å². The van der Waals surface area contributed by atoms with Crippen LogP contribution < -0.4 is 11.1 Å². The summed E-state index contributed by atoms with van der Waals surface area (Å²) in [6.07, 6.45) is 0. The molecule has 0 heterocycles. The molecule has 4 heteroatoms. The molecule has 1 atom stereocenters. The number of carbonyl (C=O) groups excluding carboxylic acids is 1. The van der Waals surface area contributed by atoms with Gasteiger partial charge in [0.1, 0.15) is 0 Å². The fourth-order valence-corrected chi connectivity index (χ4v) is 2.88. The molecule has 24 heavy (non-hydrogen) atoms. The molecule has 2 aromatic rings. The van der Waals surface area contributed by atoms with Crippen molar-refractivity contribution in [1.82, 2.24) is 10.2 Å². The molecule has 2 aromatic carbocycles. The third-order valence-electron chi connectivity index (χ3n) is 4.35. The Labute approximate surface area is 144 Å². The molecule has 0 saturated heterocycles. The van der Waals surface area contributed by atoms with Gasteiger partial charge < -0.3 is 11.1 Å². The highest BCUT2D eigenvalue weighted by Gasteiger charge is 2.18. The van der Waals surface area contributed by atoms with E-state index in [0.29, 0.717) is 18.7 Å². The Kier molecular flexibility index (Phi) is 6.97. The summed E-state index contributed by atoms with van der Waals surface area (Å²) in [6, 6.07) is 17.9. The zero-order chi connectivity index (χ0) is 17.4. The Bertz CT molecular complexity index is 621. The highest BCUT2D eigenvalue weighted by atomic mass is 16.1. The zero-order valence-electron chi connectivity index (χ0n) is 14.5. The molecule has 4 nitrogen and oxygen atoms in total. The lowest BCUT2D eigenvalue weighted by Gasteiger charge is -2.30. The van der Waals surface area contributed by atoms with Crippen molar-refractivity contribution in [3.05, 3.63) is 71.3 Å². The predicted octanol–water partition coefficient (Wildman–Crippen LogP) is 2.96. The lowest BCUT2D eigenvalue weighted by atomic mass is 10.0. The Morgan fingerprint density at radius 1 is 1.04 bits per heavy atom. The van der Waals surface area contributed by atoms with Crippen LogP contribution in [0.5, 0.6) is 0 Å². The van der Waals surface area contributed by atoms with E-state index in [4.69, 9.17) is 5.73 Å². The van der Waals surface area contributed by atoms with Crippen LogP contribution in [0.3, 0.4) is 0 Å². The van der Waals surface area contributed by atoms with E-state index in [9.17, 15) is 4.79 Å². The van der Waals surface area contributed by atoms with E-state index in [1.807, 2.05) is 42.5 Å². The molecule has 1 amide bonds. The van der Waals surface area contributed by atoms with Gasteiger partial charge in [-0.2, -0.15) is 0 Å². The van der Waals surface area contributed by atoms with E-state index in [0.717, 1.165) is 18.7 Å². The van der Waals surface area contributed by atoms with Crippen LogP contribution in [0.4, 0.5) is 0 Å². The first-order valence-corrected chi connectivity index (χ1v) is 8.55. The Morgan fingerprint density at radius 3 is 2.21 bits per heavy atom. The summed E-state index contributed by atoms with van der Waals surface area (Å²) >= 11 is 0. The molecule has 1 unspecified atom stereocenters. The summed E-state index contributed by atoms with van der Waals surface area (Å²) in [7, 11) is 0. The fraction of sp³-hybridized carbons (Fsp3) is 0.350. The molecule has 0 aliphatic rings. The van der Waals surface area contributed by atoms with Crippen molar-refractivity contribution in [2.24, 2.45) is 5.73 Å². The van der Waals surface area contributed by atoms with Gasteiger partial charge in [-0.25, -0.2) is 0 Å². The number of nitrogens with two attached hydrogens (primary N) is 1. The van der Waals surface area contributed by atoms with E-state index < -0.39 is 0 Å². The SMILES string of the molecule is CCN(CC)C(CNC(=O)c1ccc(CN)cc1)c1ccccc1. The van der Waals surface area contributed by atoms with Crippen LogP contribution in [0, 0.1) is 0 Å². The van der Waals surface area contributed by atoms with Crippen molar-refractivity contribution >= 4 is 5.91 Å². The van der Waals surface area contributed by atoms with Gasteiger partial charge >= 0.3 is 0 Å². The highest BCUT2D eigenvalue weighted by molar-refractivity contribution is 5.94. The minimum absolute atomic E-state index is 0.0494. The number of hydrogen-bond donors (Lipinski definition) is 2. The van der Waals surface area contributed by atoms with E-state index >= 15 is 0 Å². The number of nitrogens with zero attached hydrogens (tertiary/aromatic N) is 1. The maximum absolute atomic E-state index is 12.4. The summed E-state index contributed by atoms with van der Waals surface area (Å²) in [5, 5.41) is 3.07. The van der Waals surface area contributed by atoms with Crippen molar-refractivity contribution in [2.75, 3.05) is 19.6 Å². The predicted molar refractivity (Wildman–Crippen MR) is 98.8 cm³/mol. The zero-order valence-corrected chi connectivity index (χ0v) is 14.5. The minimum atomic E-state index is -0.0494. The third-order valence-corrected chi connectivity index (χ3v) is 4.35. The first kappa shape index (κ1) is 18.2. The van der Waals surface area contributed by atoms with Crippen LogP contribution in [0.1, 0.15) is 41.4 Å². The maximum Gasteiger partial charge on any atom is 0.251 e. The lowest BCUT2D eigenvalue weighted by molar-refractivity contribution is 0.0935. The van der Waals surface area contributed by atoms with Crippen molar-refractivity contribution < 1.29 is 4.79 Å². The topological polar surface area (TPSA) is 58.4 Å². The van der Waals surface area contributed by atoms with Gasteiger partial charge in [0.15, 0.2) is 0 Å². The van der Waals surface area contributed by atoms with Gasteiger partial charge in [-0.05, 0) is 36.3 Å². The molecular formula is C20H27N3O. The molecule has 2 rings (SSSR count). The second kappa shape index (κ2) is 9.21. The summed E-state index contributed by atoms with van der Waals surface area (Å²) in [5.41, 5.74) is 8.51. The van der Waals surface area contributed by atoms with Crippen molar-refractivity contribution in [2.45, 2.75) is 26.4 Å². The van der Waals surface area contributed by atoms with Gasteiger partial charge in [-0.15, -0.1) is 0 Å². The summed E-state index contributed by atoms with van der Waals surface area (Å²) < 4.78 is 0. The second-order valence-corrected chi connectivity index (χ2v) is 5.76. The van der Waals surface area contributed by atoms with Gasteiger partial charge in [0.05, 0.1) is 6.04 Å². The Balaban J connectivity index is 2.07. The maximum atomic E-state index is 12.4. The van der Waals surface area contributed by atoms with Crippen LogP contribution >= 0.6 is 0 Å². The molecule has 0 spiro atoms. The number of carbonyl (C=O) groups is 1. The summed E-state index contributed by atoms with van der Waals surface area (Å²) in [5.74, 6) is -0.0494. The minimum Gasteiger partial charge on any atom is -0.350 e. The van der Waals surface area contributed by atoms with E-state index in [1.165, 1.54) is 5.56 Å². The molecule has 0 saturated carbocycles. The average Bonchev–Trinajstić information content (AvgIpc) is 2.65. The molecule has 0 bridgehead atoms.